The molecule has 88 valence electrons. The van der Waals surface area contributed by atoms with Crippen LogP contribution in [0.4, 0.5) is 0 Å². The van der Waals surface area contributed by atoms with Gasteiger partial charge >= 0.3 is 5.97 Å². The second-order valence-corrected chi connectivity index (χ2v) is 5.24. The lowest BCUT2D eigenvalue weighted by molar-refractivity contribution is 0.0701. The minimum absolute atomic E-state index is 0.270. The highest BCUT2D eigenvalue weighted by Gasteiger charge is 2.17. The van der Waals surface area contributed by atoms with Gasteiger partial charge in [0, 0.05) is 15.9 Å². The number of benzene rings is 1. The first-order chi connectivity index (χ1) is 8.11. The summed E-state index contributed by atoms with van der Waals surface area (Å²) in [6.07, 6.45) is 0. The molecule has 2 aromatic rings. The summed E-state index contributed by atoms with van der Waals surface area (Å²) in [6.45, 7) is 0. The number of carbonyl (C=O) groups is 1. The van der Waals surface area contributed by atoms with Crippen molar-refractivity contribution in [3.8, 4) is 10.6 Å². The molecule has 0 aliphatic heterocycles. The van der Waals surface area contributed by atoms with Gasteiger partial charge in [-0.25, -0.2) is 9.78 Å². The second kappa shape index (κ2) is 5.16. The van der Waals surface area contributed by atoms with Crippen molar-refractivity contribution in [2.75, 3.05) is 0 Å². The second-order valence-electron chi connectivity index (χ2n) is 3.24. The van der Waals surface area contributed by atoms with Crippen molar-refractivity contribution < 1.29 is 9.90 Å². The molecule has 0 fully saturated rings. The first kappa shape index (κ1) is 12.5. The number of hydrogen-bond acceptors (Lipinski definition) is 3. The fraction of sp³-hybridized carbons (Fsp3) is 0.0909. The Morgan fingerprint density at radius 1 is 1.41 bits per heavy atom. The monoisotopic (exact) mass is 331 g/mol. The van der Waals surface area contributed by atoms with Crippen LogP contribution in [0.2, 0.25) is 5.02 Å². The molecule has 2 rings (SSSR count). The number of carboxylic acids is 1. The van der Waals surface area contributed by atoms with Crippen LogP contribution in [0.1, 0.15) is 15.4 Å². The summed E-state index contributed by atoms with van der Waals surface area (Å²) in [5.41, 5.74) is 1.42. The van der Waals surface area contributed by atoms with Crippen LogP contribution in [0, 0.1) is 0 Å². The molecule has 0 saturated heterocycles. The molecule has 0 aliphatic carbocycles. The van der Waals surface area contributed by atoms with E-state index in [0.717, 1.165) is 5.56 Å². The number of nitrogens with zero attached hydrogens (tertiary/aromatic N) is 1. The van der Waals surface area contributed by atoms with Gasteiger partial charge in [-0.3, -0.25) is 0 Å². The smallest absolute Gasteiger partial charge is 0.347 e. The van der Waals surface area contributed by atoms with Crippen molar-refractivity contribution in [1.29, 1.82) is 0 Å². The average Bonchev–Trinajstić information content (AvgIpc) is 2.74. The molecule has 0 atom stereocenters. The molecular weight excluding hydrogens is 326 g/mol. The predicted octanol–water partition coefficient (Wildman–Crippen LogP) is 4.06. The number of halogens is 2. The number of carboxylic acid groups (broad SMARTS) is 1. The Morgan fingerprint density at radius 2 is 2.06 bits per heavy atom. The topological polar surface area (TPSA) is 50.2 Å². The van der Waals surface area contributed by atoms with Gasteiger partial charge in [0.2, 0.25) is 0 Å². The van der Waals surface area contributed by atoms with Gasteiger partial charge in [0.25, 0.3) is 0 Å². The summed E-state index contributed by atoms with van der Waals surface area (Å²) >= 11 is 10.2. The fourth-order valence-corrected chi connectivity index (χ4v) is 2.97. The highest BCUT2D eigenvalue weighted by molar-refractivity contribution is 9.08. The molecule has 0 saturated carbocycles. The Kier molecular flexibility index (Phi) is 3.81. The maximum Gasteiger partial charge on any atom is 0.347 e. The van der Waals surface area contributed by atoms with Crippen LogP contribution < -0.4 is 0 Å². The van der Waals surface area contributed by atoms with Crippen LogP contribution in [0.3, 0.4) is 0 Å². The van der Waals surface area contributed by atoms with E-state index in [0.29, 0.717) is 21.1 Å². The third-order valence-corrected chi connectivity index (χ3v) is 4.03. The van der Waals surface area contributed by atoms with Gasteiger partial charge in [-0.05, 0) is 12.1 Å². The third kappa shape index (κ3) is 2.68. The zero-order valence-corrected chi connectivity index (χ0v) is 11.6. The molecule has 0 radical (unpaired) electrons. The molecule has 0 amide bonds. The molecule has 0 aliphatic rings. The predicted molar refractivity (Wildman–Crippen MR) is 72.2 cm³/mol. The SMILES string of the molecule is O=C(O)c1sc(-c2ccc(Cl)cc2)nc1CBr. The van der Waals surface area contributed by atoms with E-state index in [1.54, 1.807) is 12.1 Å². The molecular formula is C11H7BrClNO2S. The lowest BCUT2D eigenvalue weighted by Crippen LogP contribution is -1.96. The van der Waals surface area contributed by atoms with Gasteiger partial charge in [-0.1, -0.05) is 39.7 Å². The maximum absolute atomic E-state index is 11.0. The van der Waals surface area contributed by atoms with Crippen LogP contribution in [0.25, 0.3) is 10.6 Å². The van der Waals surface area contributed by atoms with E-state index >= 15 is 0 Å². The van der Waals surface area contributed by atoms with E-state index in [1.807, 2.05) is 12.1 Å². The van der Waals surface area contributed by atoms with Crippen molar-refractivity contribution in [3.63, 3.8) is 0 Å². The van der Waals surface area contributed by atoms with Crippen LogP contribution in [0.5, 0.6) is 0 Å². The van der Waals surface area contributed by atoms with Crippen molar-refractivity contribution in [3.05, 3.63) is 39.9 Å². The zero-order valence-electron chi connectivity index (χ0n) is 8.48. The van der Waals surface area contributed by atoms with Crippen molar-refractivity contribution in [2.45, 2.75) is 5.33 Å². The Morgan fingerprint density at radius 3 is 2.53 bits per heavy atom. The van der Waals surface area contributed by atoms with E-state index in [9.17, 15) is 4.79 Å². The Bertz CT molecular complexity index is 553. The number of hydrogen-bond donors (Lipinski definition) is 1. The third-order valence-electron chi connectivity index (χ3n) is 2.11. The number of thiazole rings is 1. The first-order valence-corrected chi connectivity index (χ1v) is 6.98. The molecule has 17 heavy (non-hydrogen) atoms. The summed E-state index contributed by atoms with van der Waals surface area (Å²) in [4.78, 5) is 15.6. The molecule has 1 N–H and O–H groups in total. The van der Waals surface area contributed by atoms with E-state index < -0.39 is 5.97 Å². The summed E-state index contributed by atoms with van der Waals surface area (Å²) in [7, 11) is 0. The van der Waals surface area contributed by atoms with Crippen LogP contribution in [-0.2, 0) is 5.33 Å². The minimum Gasteiger partial charge on any atom is -0.477 e. The zero-order chi connectivity index (χ0) is 12.4. The molecule has 0 spiro atoms. The summed E-state index contributed by atoms with van der Waals surface area (Å²) in [5, 5.41) is 10.8. The summed E-state index contributed by atoms with van der Waals surface area (Å²) < 4.78 is 0. The summed E-state index contributed by atoms with van der Waals surface area (Å²) in [5.74, 6) is -0.947. The van der Waals surface area contributed by atoms with Crippen molar-refractivity contribution in [1.82, 2.24) is 4.98 Å². The van der Waals surface area contributed by atoms with Gasteiger partial charge in [-0.2, -0.15) is 0 Å². The fourth-order valence-electron chi connectivity index (χ4n) is 1.33. The van der Waals surface area contributed by atoms with Gasteiger partial charge in [0.15, 0.2) is 0 Å². The molecule has 0 bridgehead atoms. The quantitative estimate of drug-likeness (QED) is 0.862. The lowest BCUT2D eigenvalue weighted by atomic mass is 10.2. The Labute approximate surface area is 115 Å². The molecule has 6 heteroatoms. The Balaban J connectivity index is 2.46. The van der Waals surface area contributed by atoms with Gasteiger partial charge < -0.3 is 5.11 Å². The molecule has 1 aromatic heterocycles. The standard InChI is InChI=1S/C11H7BrClNO2S/c12-5-8-9(11(15)16)17-10(14-8)6-1-3-7(13)4-2-6/h1-4H,5H2,(H,15,16). The number of alkyl halides is 1. The normalized spacial score (nSPS) is 10.5. The van der Waals surface area contributed by atoms with Crippen LogP contribution >= 0.6 is 38.9 Å². The van der Waals surface area contributed by atoms with E-state index in [4.69, 9.17) is 16.7 Å². The largest absolute Gasteiger partial charge is 0.477 e. The molecule has 1 aromatic carbocycles. The average molecular weight is 333 g/mol. The van der Waals surface area contributed by atoms with Crippen molar-refractivity contribution >= 4 is 44.8 Å². The van der Waals surface area contributed by atoms with E-state index in [-0.39, 0.29) is 4.88 Å². The van der Waals surface area contributed by atoms with E-state index in [1.165, 1.54) is 11.3 Å². The first-order valence-electron chi connectivity index (χ1n) is 4.66. The van der Waals surface area contributed by atoms with Crippen LogP contribution in [-0.4, -0.2) is 16.1 Å². The Hall–Kier alpha value is -0.910. The highest BCUT2D eigenvalue weighted by atomic mass is 79.9. The lowest BCUT2D eigenvalue weighted by Gasteiger charge is -1.95. The van der Waals surface area contributed by atoms with Crippen molar-refractivity contribution in [2.24, 2.45) is 0 Å². The number of aromatic carboxylic acids is 1. The van der Waals surface area contributed by atoms with Crippen LogP contribution in [0.15, 0.2) is 24.3 Å². The number of aromatic nitrogens is 1. The summed E-state index contributed by atoms with van der Waals surface area (Å²) in [6, 6.07) is 7.16. The van der Waals surface area contributed by atoms with Gasteiger partial charge in [-0.15, -0.1) is 11.3 Å². The minimum atomic E-state index is -0.947. The maximum atomic E-state index is 11.0. The van der Waals surface area contributed by atoms with E-state index in [2.05, 4.69) is 20.9 Å². The molecule has 1 heterocycles. The molecule has 0 unspecified atom stereocenters. The van der Waals surface area contributed by atoms with Gasteiger partial charge in [0.05, 0.1) is 5.69 Å². The number of rotatable bonds is 3. The molecule has 3 nitrogen and oxygen atoms in total. The highest BCUT2D eigenvalue weighted by Crippen LogP contribution is 2.30. The van der Waals surface area contributed by atoms with Gasteiger partial charge in [0.1, 0.15) is 9.88 Å².